The summed E-state index contributed by atoms with van der Waals surface area (Å²) in [5.74, 6) is 1.42. The predicted octanol–water partition coefficient (Wildman–Crippen LogP) is 2.50. The molecule has 0 bridgehead atoms. The Hall–Kier alpha value is -2.02. The Morgan fingerprint density at radius 1 is 1.35 bits per heavy atom. The van der Waals surface area contributed by atoms with E-state index in [0.717, 1.165) is 5.69 Å². The van der Waals surface area contributed by atoms with E-state index >= 15 is 0 Å². The molecule has 6 nitrogen and oxygen atoms in total. The van der Waals surface area contributed by atoms with Crippen LogP contribution < -0.4 is 14.8 Å². The number of carbonyl (C=O) groups excluding carboxylic acids is 1. The summed E-state index contributed by atoms with van der Waals surface area (Å²) in [5.41, 5.74) is 1.35. The van der Waals surface area contributed by atoms with Crippen molar-refractivity contribution in [2.45, 2.75) is 6.92 Å². The van der Waals surface area contributed by atoms with Gasteiger partial charge in [0.2, 0.25) is 0 Å². The summed E-state index contributed by atoms with van der Waals surface area (Å²) in [6.07, 6.45) is 0. The summed E-state index contributed by atoms with van der Waals surface area (Å²) in [6, 6.07) is 5.11. The van der Waals surface area contributed by atoms with Crippen LogP contribution in [-0.4, -0.2) is 29.3 Å². The number of fused-ring (bicyclic) bond motifs is 1. The van der Waals surface area contributed by atoms with Gasteiger partial charge in [0.05, 0.1) is 4.47 Å². The number of anilines is 1. The highest BCUT2D eigenvalue weighted by atomic mass is 79.9. The molecule has 7 heteroatoms. The largest absolute Gasteiger partial charge is 0.486 e. The van der Waals surface area contributed by atoms with Gasteiger partial charge in [0.25, 0.3) is 5.91 Å². The van der Waals surface area contributed by atoms with Gasteiger partial charge in [-0.05, 0) is 35.0 Å². The molecular weight excluding hydrogens is 326 g/mol. The van der Waals surface area contributed by atoms with Crippen LogP contribution in [0.5, 0.6) is 11.5 Å². The van der Waals surface area contributed by atoms with Crippen LogP contribution in [0.4, 0.5) is 5.82 Å². The molecule has 1 aromatic carbocycles. The van der Waals surface area contributed by atoms with Crippen LogP contribution in [0.3, 0.4) is 0 Å². The molecule has 0 atom stereocenters. The van der Waals surface area contributed by atoms with Gasteiger partial charge in [-0.1, -0.05) is 0 Å². The molecule has 2 aromatic rings. The number of aromatic nitrogens is 2. The maximum absolute atomic E-state index is 12.2. The van der Waals surface area contributed by atoms with Crippen molar-refractivity contribution >= 4 is 27.7 Å². The Labute approximate surface area is 123 Å². The highest BCUT2D eigenvalue weighted by Gasteiger charge is 2.19. The molecule has 0 fully saturated rings. The van der Waals surface area contributed by atoms with E-state index in [4.69, 9.17) is 9.47 Å². The van der Waals surface area contributed by atoms with Crippen LogP contribution in [0.2, 0.25) is 0 Å². The third-order valence-electron chi connectivity index (χ3n) is 2.81. The number of ether oxygens (including phenoxy) is 2. The van der Waals surface area contributed by atoms with Crippen LogP contribution in [0.25, 0.3) is 0 Å². The quantitative estimate of drug-likeness (QED) is 0.882. The molecule has 1 aliphatic heterocycles. The number of nitrogens with one attached hydrogen (secondary N) is 2. The highest BCUT2D eigenvalue weighted by molar-refractivity contribution is 9.10. The topological polar surface area (TPSA) is 76.2 Å². The van der Waals surface area contributed by atoms with Gasteiger partial charge in [0.15, 0.2) is 17.3 Å². The molecule has 1 aliphatic rings. The number of hydrogen-bond donors (Lipinski definition) is 2. The second kappa shape index (κ2) is 5.16. The van der Waals surface area contributed by atoms with Crippen molar-refractivity contribution in [3.05, 3.63) is 33.9 Å². The van der Waals surface area contributed by atoms with Crippen LogP contribution >= 0.6 is 15.9 Å². The monoisotopic (exact) mass is 337 g/mol. The Bertz CT molecular complexity index is 669. The second-order valence-corrected chi connectivity index (χ2v) is 5.23. The van der Waals surface area contributed by atoms with Gasteiger partial charge in [0.1, 0.15) is 13.2 Å². The first-order valence-corrected chi connectivity index (χ1v) is 6.85. The number of benzene rings is 1. The molecule has 0 saturated heterocycles. The standard InChI is InChI=1S/C13H12BrN3O3/c1-7-4-11(17-16-7)15-13(18)8-5-9(14)12-10(6-8)19-2-3-20-12/h4-6H,2-3H2,1H3,(H2,15,16,17,18). The maximum atomic E-state index is 12.2. The van der Waals surface area contributed by atoms with Gasteiger partial charge in [-0.2, -0.15) is 5.10 Å². The highest BCUT2D eigenvalue weighted by Crippen LogP contribution is 2.38. The number of H-pyrrole nitrogens is 1. The summed E-state index contributed by atoms with van der Waals surface area (Å²) in [6.45, 7) is 2.84. The van der Waals surface area contributed by atoms with Gasteiger partial charge in [-0.3, -0.25) is 9.89 Å². The normalized spacial score (nSPS) is 13.1. The molecule has 104 valence electrons. The lowest BCUT2D eigenvalue weighted by Gasteiger charge is -2.20. The van der Waals surface area contributed by atoms with E-state index in [9.17, 15) is 4.79 Å². The Kier molecular flexibility index (Phi) is 3.35. The Morgan fingerprint density at radius 3 is 2.90 bits per heavy atom. The molecule has 1 amide bonds. The molecule has 0 spiro atoms. The zero-order valence-electron chi connectivity index (χ0n) is 10.7. The zero-order valence-corrected chi connectivity index (χ0v) is 12.3. The molecule has 3 rings (SSSR count). The molecule has 0 aliphatic carbocycles. The molecule has 20 heavy (non-hydrogen) atoms. The van der Waals surface area contributed by atoms with E-state index in [2.05, 4.69) is 31.4 Å². The van der Waals surface area contributed by atoms with E-state index in [1.165, 1.54) is 0 Å². The average molecular weight is 338 g/mol. The molecule has 0 saturated carbocycles. The average Bonchev–Trinajstić information content (AvgIpc) is 2.84. The minimum absolute atomic E-state index is 0.255. The van der Waals surface area contributed by atoms with Crippen LogP contribution in [0.15, 0.2) is 22.7 Å². The predicted molar refractivity (Wildman–Crippen MR) is 76.4 cm³/mol. The lowest BCUT2D eigenvalue weighted by Crippen LogP contribution is -2.18. The van der Waals surface area contributed by atoms with Gasteiger partial charge in [-0.15, -0.1) is 0 Å². The van der Waals surface area contributed by atoms with Crippen molar-refractivity contribution in [1.82, 2.24) is 10.2 Å². The smallest absolute Gasteiger partial charge is 0.257 e. The Morgan fingerprint density at radius 2 is 2.15 bits per heavy atom. The zero-order chi connectivity index (χ0) is 14.1. The van der Waals surface area contributed by atoms with E-state index in [1.807, 2.05) is 6.92 Å². The number of amides is 1. The van der Waals surface area contributed by atoms with E-state index in [1.54, 1.807) is 18.2 Å². The third-order valence-corrected chi connectivity index (χ3v) is 3.40. The van der Waals surface area contributed by atoms with Crippen molar-refractivity contribution in [3.8, 4) is 11.5 Å². The number of carbonyl (C=O) groups is 1. The van der Waals surface area contributed by atoms with Crippen molar-refractivity contribution in [3.63, 3.8) is 0 Å². The van der Waals surface area contributed by atoms with Gasteiger partial charge in [0, 0.05) is 17.3 Å². The van der Waals surface area contributed by atoms with E-state index in [-0.39, 0.29) is 5.91 Å². The number of aryl methyl sites for hydroxylation is 1. The molecule has 0 unspecified atom stereocenters. The summed E-state index contributed by atoms with van der Waals surface area (Å²) in [7, 11) is 0. The number of hydrogen-bond acceptors (Lipinski definition) is 4. The Balaban J connectivity index is 1.86. The molecule has 0 radical (unpaired) electrons. The molecule has 2 N–H and O–H groups in total. The van der Waals surface area contributed by atoms with Crippen molar-refractivity contribution in [1.29, 1.82) is 0 Å². The first kappa shape index (κ1) is 13.0. The van der Waals surface area contributed by atoms with Crippen molar-refractivity contribution in [2.75, 3.05) is 18.5 Å². The number of aromatic amines is 1. The van der Waals surface area contributed by atoms with E-state index < -0.39 is 0 Å². The number of rotatable bonds is 2. The lowest BCUT2D eigenvalue weighted by atomic mass is 10.2. The van der Waals surface area contributed by atoms with Gasteiger partial charge < -0.3 is 14.8 Å². The third kappa shape index (κ3) is 2.49. The SMILES string of the molecule is Cc1cc(NC(=O)c2cc(Br)c3c(c2)OCCO3)n[nH]1. The molecular formula is C13H12BrN3O3. The minimum atomic E-state index is -0.255. The van der Waals surface area contributed by atoms with Crippen LogP contribution in [0, 0.1) is 6.92 Å². The maximum Gasteiger partial charge on any atom is 0.257 e. The second-order valence-electron chi connectivity index (χ2n) is 4.37. The van der Waals surface area contributed by atoms with Crippen molar-refractivity contribution in [2.24, 2.45) is 0 Å². The fourth-order valence-corrected chi connectivity index (χ4v) is 2.47. The van der Waals surface area contributed by atoms with Gasteiger partial charge in [-0.25, -0.2) is 0 Å². The lowest BCUT2D eigenvalue weighted by molar-refractivity contribution is 0.102. The van der Waals surface area contributed by atoms with E-state index in [0.29, 0.717) is 40.6 Å². The summed E-state index contributed by atoms with van der Waals surface area (Å²) in [4.78, 5) is 12.2. The fourth-order valence-electron chi connectivity index (χ4n) is 1.91. The van der Waals surface area contributed by atoms with Gasteiger partial charge >= 0.3 is 0 Å². The molecule has 2 heterocycles. The summed E-state index contributed by atoms with van der Waals surface area (Å²) >= 11 is 3.38. The van der Waals surface area contributed by atoms with Crippen LogP contribution in [-0.2, 0) is 0 Å². The van der Waals surface area contributed by atoms with Crippen LogP contribution in [0.1, 0.15) is 16.1 Å². The summed E-state index contributed by atoms with van der Waals surface area (Å²) < 4.78 is 11.7. The number of halogens is 1. The first-order valence-electron chi connectivity index (χ1n) is 6.06. The minimum Gasteiger partial charge on any atom is -0.486 e. The molecule has 1 aromatic heterocycles. The number of nitrogens with zero attached hydrogens (tertiary/aromatic N) is 1. The van der Waals surface area contributed by atoms with Crippen molar-refractivity contribution < 1.29 is 14.3 Å². The first-order chi connectivity index (χ1) is 9.63. The summed E-state index contributed by atoms with van der Waals surface area (Å²) in [5, 5.41) is 9.45. The fraction of sp³-hybridized carbons (Fsp3) is 0.231.